The van der Waals surface area contributed by atoms with Gasteiger partial charge < -0.3 is 5.32 Å². The summed E-state index contributed by atoms with van der Waals surface area (Å²) in [6, 6.07) is 2.14. The fourth-order valence-corrected chi connectivity index (χ4v) is 1.34. The highest BCUT2D eigenvalue weighted by atomic mass is 35.5. The van der Waals surface area contributed by atoms with Gasteiger partial charge in [0, 0.05) is 24.8 Å². The maximum absolute atomic E-state index is 5.71. The van der Waals surface area contributed by atoms with E-state index in [-0.39, 0.29) is 0 Å². The number of pyridine rings is 1. The van der Waals surface area contributed by atoms with Crippen molar-refractivity contribution in [1.29, 1.82) is 0 Å². The molecular formula is C11H17ClN2. The van der Waals surface area contributed by atoms with Crippen LogP contribution >= 0.6 is 11.6 Å². The maximum Gasteiger partial charge on any atom is 0.0313 e. The Hall–Kier alpha value is -0.600. The van der Waals surface area contributed by atoms with Crippen LogP contribution in [-0.2, 0) is 6.54 Å². The van der Waals surface area contributed by atoms with Crippen LogP contribution < -0.4 is 5.32 Å². The topological polar surface area (TPSA) is 24.9 Å². The van der Waals surface area contributed by atoms with Gasteiger partial charge in [0.25, 0.3) is 0 Å². The number of hydrogen-bond donors (Lipinski definition) is 1. The van der Waals surface area contributed by atoms with Gasteiger partial charge in [0.1, 0.15) is 0 Å². The molecule has 1 unspecified atom stereocenters. The fraction of sp³-hybridized carbons (Fsp3) is 0.545. The zero-order chi connectivity index (χ0) is 10.4. The highest BCUT2D eigenvalue weighted by Gasteiger charge is 1.99. The first-order valence-electron chi connectivity index (χ1n) is 4.89. The molecule has 0 aliphatic rings. The summed E-state index contributed by atoms with van der Waals surface area (Å²) in [4.78, 5) is 4.14. The van der Waals surface area contributed by atoms with Gasteiger partial charge in [0.15, 0.2) is 0 Å². The minimum Gasteiger partial charge on any atom is -0.312 e. The summed E-state index contributed by atoms with van der Waals surface area (Å²) >= 11 is 5.71. The summed E-state index contributed by atoms with van der Waals surface area (Å²) in [5.41, 5.74) is 2.43. The van der Waals surface area contributed by atoms with E-state index in [1.54, 1.807) is 0 Å². The SMILES string of the molecule is Cc1cncc(CNCC(C)CCl)c1. The number of hydrogen-bond acceptors (Lipinski definition) is 2. The Labute approximate surface area is 90.7 Å². The Kier molecular flexibility index (Phi) is 4.91. The molecule has 0 fully saturated rings. The van der Waals surface area contributed by atoms with Gasteiger partial charge in [-0.3, -0.25) is 4.98 Å². The van der Waals surface area contributed by atoms with Gasteiger partial charge in [-0.2, -0.15) is 0 Å². The summed E-state index contributed by atoms with van der Waals surface area (Å²) in [7, 11) is 0. The van der Waals surface area contributed by atoms with Gasteiger partial charge in [0.05, 0.1) is 0 Å². The lowest BCUT2D eigenvalue weighted by Crippen LogP contribution is -2.21. The first kappa shape index (κ1) is 11.5. The Balaban J connectivity index is 2.31. The molecule has 0 spiro atoms. The van der Waals surface area contributed by atoms with E-state index < -0.39 is 0 Å². The molecule has 1 aromatic heterocycles. The summed E-state index contributed by atoms with van der Waals surface area (Å²) < 4.78 is 0. The van der Waals surface area contributed by atoms with E-state index in [2.05, 4.69) is 30.2 Å². The van der Waals surface area contributed by atoms with Gasteiger partial charge in [-0.1, -0.05) is 13.0 Å². The second-order valence-corrected chi connectivity index (χ2v) is 4.07. The number of aromatic nitrogens is 1. The van der Waals surface area contributed by atoms with E-state index in [1.807, 2.05) is 12.4 Å². The van der Waals surface area contributed by atoms with Gasteiger partial charge in [-0.25, -0.2) is 0 Å². The van der Waals surface area contributed by atoms with Gasteiger partial charge in [-0.15, -0.1) is 11.6 Å². The maximum atomic E-state index is 5.71. The molecule has 1 aromatic rings. The van der Waals surface area contributed by atoms with Crippen LogP contribution in [0.4, 0.5) is 0 Å². The van der Waals surface area contributed by atoms with E-state index in [4.69, 9.17) is 11.6 Å². The first-order valence-corrected chi connectivity index (χ1v) is 5.43. The van der Waals surface area contributed by atoms with Crippen molar-refractivity contribution in [3.63, 3.8) is 0 Å². The monoisotopic (exact) mass is 212 g/mol. The molecule has 14 heavy (non-hydrogen) atoms. The zero-order valence-electron chi connectivity index (χ0n) is 8.76. The van der Waals surface area contributed by atoms with Crippen LogP contribution in [0.25, 0.3) is 0 Å². The Morgan fingerprint density at radius 1 is 1.50 bits per heavy atom. The average molecular weight is 213 g/mol. The molecule has 3 heteroatoms. The molecule has 0 aliphatic heterocycles. The lowest BCUT2D eigenvalue weighted by atomic mass is 10.2. The Morgan fingerprint density at radius 2 is 2.29 bits per heavy atom. The molecular weight excluding hydrogens is 196 g/mol. The van der Waals surface area contributed by atoms with Crippen molar-refractivity contribution >= 4 is 11.6 Å². The molecule has 0 aliphatic carbocycles. The summed E-state index contributed by atoms with van der Waals surface area (Å²) in [6.45, 7) is 6.01. The third-order valence-electron chi connectivity index (χ3n) is 2.02. The number of nitrogens with zero attached hydrogens (tertiary/aromatic N) is 1. The van der Waals surface area contributed by atoms with Crippen molar-refractivity contribution in [2.75, 3.05) is 12.4 Å². The van der Waals surface area contributed by atoms with Crippen LogP contribution in [0.15, 0.2) is 18.5 Å². The molecule has 1 rings (SSSR count). The smallest absolute Gasteiger partial charge is 0.0313 e. The molecule has 0 radical (unpaired) electrons. The van der Waals surface area contributed by atoms with Crippen molar-refractivity contribution < 1.29 is 0 Å². The lowest BCUT2D eigenvalue weighted by molar-refractivity contribution is 0.556. The third kappa shape index (κ3) is 4.07. The normalized spacial score (nSPS) is 12.8. The third-order valence-corrected chi connectivity index (χ3v) is 2.54. The Bertz CT molecular complexity index is 276. The van der Waals surface area contributed by atoms with Gasteiger partial charge in [0.2, 0.25) is 0 Å². The van der Waals surface area contributed by atoms with E-state index in [0.717, 1.165) is 13.1 Å². The van der Waals surface area contributed by atoms with Crippen molar-refractivity contribution in [3.05, 3.63) is 29.6 Å². The average Bonchev–Trinajstić information content (AvgIpc) is 2.17. The van der Waals surface area contributed by atoms with Crippen molar-refractivity contribution in [1.82, 2.24) is 10.3 Å². The molecule has 1 N–H and O–H groups in total. The molecule has 0 saturated carbocycles. The Morgan fingerprint density at radius 3 is 2.93 bits per heavy atom. The van der Waals surface area contributed by atoms with E-state index in [1.165, 1.54) is 11.1 Å². The number of alkyl halides is 1. The standard InChI is InChI=1S/C11H17ClN2/c1-9-3-11(7-13-5-9)8-14-6-10(2)4-12/h3,5,7,10,14H,4,6,8H2,1-2H3. The van der Waals surface area contributed by atoms with Crippen LogP contribution in [-0.4, -0.2) is 17.4 Å². The fourth-order valence-electron chi connectivity index (χ4n) is 1.23. The van der Waals surface area contributed by atoms with Crippen LogP contribution in [0.3, 0.4) is 0 Å². The zero-order valence-corrected chi connectivity index (χ0v) is 9.51. The highest BCUT2D eigenvalue weighted by Crippen LogP contribution is 2.01. The molecule has 0 amide bonds. The van der Waals surface area contributed by atoms with E-state index in [0.29, 0.717) is 11.8 Å². The van der Waals surface area contributed by atoms with Crippen LogP contribution in [0, 0.1) is 12.8 Å². The molecule has 0 aromatic carbocycles. The summed E-state index contributed by atoms with van der Waals surface area (Å²) in [6.07, 6.45) is 3.76. The van der Waals surface area contributed by atoms with E-state index in [9.17, 15) is 0 Å². The predicted octanol–water partition coefficient (Wildman–Crippen LogP) is 2.35. The van der Waals surface area contributed by atoms with Crippen molar-refractivity contribution in [3.8, 4) is 0 Å². The summed E-state index contributed by atoms with van der Waals surface area (Å²) in [5, 5.41) is 3.36. The first-order chi connectivity index (χ1) is 6.72. The molecule has 0 saturated heterocycles. The van der Waals surface area contributed by atoms with Crippen LogP contribution in [0.2, 0.25) is 0 Å². The quantitative estimate of drug-likeness (QED) is 0.758. The van der Waals surface area contributed by atoms with E-state index >= 15 is 0 Å². The second kappa shape index (κ2) is 5.99. The number of rotatable bonds is 5. The largest absolute Gasteiger partial charge is 0.312 e. The lowest BCUT2D eigenvalue weighted by Gasteiger charge is -2.09. The minimum absolute atomic E-state index is 0.523. The predicted molar refractivity (Wildman–Crippen MR) is 60.6 cm³/mol. The van der Waals surface area contributed by atoms with Crippen molar-refractivity contribution in [2.45, 2.75) is 20.4 Å². The van der Waals surface area contributed by atoms with Gasteiger partial charge >= 0.3 is 0 Å². The van der Waals surface area contributed by atoms with Crippen LogP contribution in [0.5, 0.6) is 0 Å². The summed E-state index contributed by atoms with van der Waals surface area (Å²) in [5.74, 6) is 1.23. The van der Waals surface area contributed by atoms with Gasteiger partial charge in [-0.05, 0) is 30.5 Å². The minimum atomic E-state index is 0.523. The molecule has 1 heterocycles. The van der Waals surface area contributed by atoms with Crippen molar-refractivity contribution in [2.24, 2.45) is 5.92 Å². The van der Waals surface area contributed by atoms with Crippen LogP contribution in [0.1, 0.15) is 18.1 Å². The molecule has 78 valence electrons. The molecule has 0 bridgehead atoms. The molecule has 2 nitrogen and oxygen atoms in total. The highest BCUT2D eigenvalue weighted by molar-refractivity contribution is 6.18. The number of halogens is 1. The number of nitrogens with one attached hydrogen (secondary N) is 1. The number of aryl methyl sites for hydroxylation is 1. The molecule has 1 atom stereocenters. The second-order valence-electron chi connectivity index (χ2n) is 3.76.